The molecule has 1 fully saturated rings. The minimum absolute atomic E-state index is 0.431. The highest BCUT2D eigenvalue weighted by molar-refractivity contribution is 5.46. The number of nitrogens with zero attached hydrogens (tertiary/aromatic N) is 4. The molecule has 100 valence electrons. The molecule has 2 aromatic heterocycles. The van der Waals surface area contributed by atoms with E-state index in [1.165, 1.54) is 12.8 Å². The number of likely N-dealkylation sites (N-methyl/N-ethyl adjacent to an activating group) is 1. The first-order valence-electron chi connectivity index (χ1n) is 6.56. The van der Waals surface area contributed by atoms with Crippen molar-refractivity contribution in [1.82, 2.24) is 25.4 Å². The first-order chi connectivity index (χ1) is 9.26. The molecule has 6 nitrogen and oxygen atoms in total. The van der Waals surface area contributed by atoms with Crippen molar-refractivity contribution in [1.29, 1.82) is 0 Å². The molecule has 1 N–H and O–H groups in total. The van der Waals surface area contributed by atoms with Crippen molar-refractivity contribution in [3.05, 3.63) is 24.0 Å². The second-order valence-electron chi connectivity index (χ2n) is 4.94. The van der Waals surface area contributed by atoms with Crippen LogP contribution in [0.5, 0.6) is 0 Å². The Balaban J connectivity index is 1.75. The van der Waals surface area contributed by atoms with E-state index in [1.54, 1.807) is 12.3 Å². The number of nitrogens with one attached hydrogen (secondary N) is 1. The van der Waals surface area contributed by atoms with Gasteiger partial charge in [-0.2, -0.15) is 4.98 Å². The van der Waals surface area contributed by atoms with Gasteiger partial charge >= 0.3 is 0 Å². The Morgan fingerprint density at radius 1 is 1.42 bits per heavy atom. The van der Waals surface area contributed by atoms with Crippen LogP contribution in [0.3, 0.4) is 0 Å². The molecule has 2 heterocycles. The lowest BCUT2D eigenvalue weighted by Crippen LogP contribution is -2.29. The summed E-state index contributed by atoms with van der Waals surface area (Å²) in [4.78, 5) is 12.8. The average molecular weight is 259 g/mol. The number of aryl methyl sites for hydroxylation is 1. The van der Waals surface area contributed by atoms with E-state index in [0.29, 0.717) is 29.3 Å². The summed E-state index contributed by atoms with van der Waals surface area (Å²) in [5.74, 6) is 2.65. The first kappa shape index (κ1) is 12.2. The quantitative estimate of drug-likeness (QED) is 0.874. The molecule has 1 aliphatic rings. The molecule has 19 heavy (non-hydrogen) atoms. The highest BCUT2D eigenvalue weighted by Crippen LogP contribution is 2.33. The lowest BCUT2D eigenvalue weighted by Gasteiger charge is -2.11. The summed E-state index contributed by atoms with van der Waals surface area (Å²) in [6.07, 6.45) is 5.06. The number of hydrogen-bond donors (Lipinski definition) is 1. The molecule has 6 heteroatoms. The molecule has 0 aromatic carbocycles. The third-order valence-corrected chi connectivity index (χ3v) is 3.43. The Bertz CT molecular complexity index is 564. The average Bonchev–Trinajstić information content (AvgIpc) is 3.15. The van der Waals surface area contributed by atoms with Crippen molar-refractivity contribution in [3.8, 4) is 11.5 Å². The molecule has 1 saturated carbocycles. The van der Waals surface area contributed by atoms with Crippen LogP contribution in [0.15, 0.2) is 16.8 Å². The topological polar surface area (TPSA) is 76.7 Å². The predicted molar refractivity (Wildman–Crippen MR) is 69.3 cm³/mol. The molecular weight excluding hydrogens is 242 g/mol. The number of hydrogen-bond acceptors (Lipinski definition) is 6. The molecule has 1 unspecified atom stereocenters. The van der Waals surface area contributed by atoms with Gasteiger partial charge in [-0.15, -0.1) is 0 Å². The standard InChI is InChI=1S/C13H17N5O/c1-8-15-6-5-10(16-8)13-17-12(19-18-13)7-11(14-2)9-3-4-9/h5-6,9,11,14H,3-4,7H2,1-2H3. The second kappa shape index (κ2) is 5.05. The monoisotopic (exact) mass is 259 g/mol. The first-order valence-corrected chi connectivity index (χ1v) is 6.56. The number of rotatable bonds is 5. The van der Waals surface area contributed by atoms with Gasteiger partial charge in [-0.1, -0.05) is 5.16 Å². The van der Waals surface area contributed by atoms with Crippen LogP contribution < -0.4 is 5.32 Å². The fraction of sp³-hybridized carbons (Fsp3) is 0.538. The van der Waals surface area contributed by atoms with Crippen molar-refractivity contribution < 1.29 is 4.52 Å². The maximum Gasteiger partial charge on any atom is 0.228 e. The van der Waals surface area contributed by atoms with Gasteiger partial charge in [0, 0.05) is 18.7 Å². The van der Waals surface area contributed by atoms with Crippen molar-refractivity contribution in [3.63, 3.8) is 0 Å². The normalized spacial score (nSPS) is 16.5. The molecule has 1 atom stereocenters. The van der Waals surface area contributed by atoms with Crippen molar-refractivity contribution in [2.45, 2.75) is 32.2 Å². The van der Waals surface area contributed by atoms with Gasteiger partial charge < -0.3 is 9.84 Å². The van der Waals surface area contributed by atoms with E-state index < -0.39 is 0 Å². The van der Waals surface area contributed by atoms with E-state index in [4.69, 9.17) is 4.52 Å². The zero-order valence-corrected chi connectivity index (χ0v) is 11.1. The largest absolute Gasteiger partial charge is 0.339 e. The lowest BCUT2D eigenvalue weighted by molar-refractivity contribution is 0.352. The molecule has 0 amide bonds. The van der Waals surface area contributed by atoms with Crippen molar-refractivity contribution in [2.75, 3.05) is 7.05 Å². The molecule has 1 aliphatic carbocycles. The molecular formula is C13H17N5O. The Labute approximate surface area is 111 Å². The zero-order chi connectivity index (χ0) is 13.2. The fourth-order valence-electron chi connectivity index (χ4n) is 2.21. The Hall–Kier alpha value is -1.82. The van der Waals surface area contributed by atoms with Gasteiger partial charge in [0.2, 0.25) is 11.7 Å². The molecule has 0 saturated heterocycles. The summed E-state index contributed by atoms with van der Waals surface area (Å²) < 4.78 is 5.31. The minimum atomic E-state index is 0.431. The van der Waals surface area contributed by atoms with Crippen LogP contribution >= 0.6 is 0 Å². The summed E-state index contributed by atoms with van der Waals surface area (Å²) >= 11 is 0. The zero-order valence-electron chi connectivity index (χ0n) is 11.1. The molecule has 3 rings (SSSR count). The van der Waals surface area contributed by atoms with Crippen LogP contribution in [0.25, 0.3) is 11.5 Å². The Morgan fingerprint density at radius 2 is 2.26 bits per heavy atom. The van der Waals surface area contributed by atoms with E-state index in [2.05, 4.69) is 25.4 Å². The summed E-state index contributed by atoms with van der Waals surface area (Å²) in [7, 11) is 1.98. The van der Waals surface area contributed by atoms with Crippen LogP contribution in [0, 0.1) is 12.8 Å². The third-order valence-electron chi connectivity index (χ3n) is 3.43. The Morgan fingerprint density at radius 3 is 2.95 bits per heavy atom. The van der Waals surface area contributed by atoms with Gasteiger partial charge in [0.15, 0.2) is 0 Å². The summed E-state index contributed by atoms with van der Waals surface area (Å²) in [6.45, 7) is 1.84. The van der Waals surface area contributed by atoms with Crippen LogP contribution in [-0.4, -0.2) is 33.2 Å². The van der Waals surface area contributed by atoms with Crippen molar-refractivity contribution >= 4 is 0 Å². The van der Waals surface area contributed by atoms with Gasteiger partial charge in [0.05, 0.1) is 0 Å². The summed E-state index contributed by atoms with van der Waals surface area (Å²) in [5, 5.41) is 7.31. The molecule has 0 spiro atoms. The van der Waals surface area contributed by atoms with E-state index in [0.717, 1.165) is 12.3 Å². The second-order valence-corrected chi connectivity index (χ2v) is 4.94. The smallest absolute Gasteiger partial charge is 0.228 e. The van der Waals surface area contributed by atoms with Crippen LogP contribution in [0.1, 0.15) is 24.6 Å². The predicted octanol–water partition coefficient (Wildman–Crippen LogP) is 1.38. The van der Waals surface area contributed by atoms with Crippen LogP contribution in [-0.2, 0) is 6.42 Å². The maximum atomic E-state index is 5.31. The Kier molecular flexibility index (Phi) is 3.25. The fourth-order valence-corrected chi connectivity index (χ4v) is 2.21. The van der Waals surface area contributed by atoms with Gasteiger partial charge in [0.1, 0.15) is 11.5 Å². The van der Waals surface area contributed by atoms with Gasteiger partial charge in [-0.05, 0) is 38.8 Å². The molecule has 0 radical (unpaired) electrons. The minimum Gasteiger partial charge on any atom is -0.339 e. The molecule has 2 aromatic rings. The van der Waals surface area contributed by atoms with Crippen LogP contribution in [0.2, 0.25) is 0 Å². The molecule has 0 aliphatic heterocycles. The highest BCUT2D eigenvalue weighted by Gasteiger charge is 2.31. The van der Waals surface area contributed by atoms with E-state index in [9.17, 15) is 0 Å². The van der Waals surface area contributed by atoms with E-state index >= 15 is 0 Å². The van der Waals surface area contributed by atoms with Gasteiger partial charge in [0.25, 0.3) is 0 Å². The summed E-state index contributed by atoms with van der Waals surface area (Å²) in [6, 6.07) is 2.22. The highest BCUT2D eigenvalue weighted by atomic mass is 16.5. The third kappa shape index (κ3) is 2.78. The van der Waals surface area contributed by atoms with E-state index in [-0.39, 0.29) is 0 Å². The van der Waals surface area contributed by atoms with Gasteiger partial charge in [-0.3, -0.25) is 0 Å². The lowest BCUT2D eigenvalue weighted by atomic mass is 10.1. The maximum absolute atomic E-state index is 5.31. The van der Waals surface area contributed by atoms with Gasteiger partial charge in [-0.25, -0.2) is 9.97 Å². The SMILES string of the molecule is CNC(Cc1nc(-c2ccnc(C)n2)no1)C1CC1. The number of aromatic nitrogens is 4. The van der Waals surface area contributed by atoms with Crippen LogP contribution in [0.4, 0.5) is 0 Å². The molecule has 0 bridgehead atoms. The van der Waals surface area contributed by atoms with E-state index in [1.807, 2.05) is 14.0 Å². The van der Waals surface area contributed by atoms with Crippen molar-refractivity contribution in [2.24, 2.45) is 5.92 Å². The summed E-state index contributed by atoms with van der Waals surface area (Å²) in [5.41, 5.74) is 0.704.